The van der Waals surface area contributed by atoms with Crippen LogP contribution in [0.15, 0.2) is 45.3 Å². The molecule has 0 unspecified atom stereocenters. The van der Waals surface area contributed by atoms with Crippen molar-refractivity contribution >= 4 is 31.9 Å². The zero-order chi connectivity index (χ0) is 12.4. The second-order valence-corrected chi connectivity index (χ2v) is 5.54. The van der Waals surface area contributed by atoms with Gasteiger partial charge in [-0.2, -0.15) is 0 Å². The van der Waals surface area contributed by atoms with E-state index in [0.29, 0.717) is 0 Å². The van der Waals surface area contributed by atoms with Crippen LogP contribution in [0.2, 0.25) is 0 Å². The molecule has 0 N–H and O–H groups in total. The van der Waals surface area contributed by atoms with E-state index in [-0.39, 0.29) is 0 Å². The predicted molar refractivity (Wildman–Crippen MR) is 77.8 cm³/mol. The van der Waals surface area contributed by atoms with E-state index in [4.69, 9.17) is 4.74 Å². The van der Waals surface area contributed by atoms with Crippen molar-refractivity contribution in [2.24, 2.45) is 0 Å². The Labute approximate surface area is 118 Å². The lowest BCUT2D eigenvalue weighted by atomic mass is 10.2. The van der Waals surface area contributed by atoms with Gasteiger partial charge in [-0.3, -0.25) is 0 Å². The van der Waals surface area contributed by atoms with Gasteiger partial charge >= 0.3 is 0 Å². The highest BCUT2D eigenvalue weighted by atomic mass is 79.9. The van der Waals surface area contributed by atoms with Crippen LogP contribution in [0.25, 0.3) is 0 Å². The molecule has 0 bridgehead atoms. The van der Waals surface area contributed by atoms with Crippen LogP contribution in [0, 0.1) is 13.8 Å². The lowest BCUT2D eigenvalue weighted by molar-refractivity contribution is 0.474. The summed E-state index contributed by atoms with van der Waals surface area (Å²) >= 11 is 7.01. The predicted octanol–water partition coefficient (Wildman–Crippen LogP) is 5.62. The molecule has 2 aromatic carbocycles. The standard InChI is InChI=1S/C14H12Br2O/c1-9-11(15)5-3-7-13(9)17-14-8-4-6-12(16)10(14)2/h3-8H,1-2H3. The van der Waals surface area contributed by atoms with Crippen molar-refractivity contribution in [3.63, 3.8) is 0 Å². The average molecular weight is 356 g/mol. The largest absolute Gasteiger partial charge is 0.457 e. The fraction of sp³-hybridized carbons (Fsp3) is 0.143. The number of hydrogen-bond acceptors (Lipinski definition) is 1. The normalized spacial score (nSPS) is 10.4. The lowest BCUT2D eigenvalue weighted by Gasteiger charge is -2.12. The molecule has 0 saturated carbocycles. The minimum absolute atomic E-state index is 0.876. The third kappa shape index (κ3) is 2.72. The van der Waals surface area contributed by atoms with Crippen LogP contribution >= 0.6 is 31.9 Å². The Morgan fingerprint density at radius 2 is 1.18 bits per heavy atom. The van der Waals surface area contributed by atoms with Gasteiger partial charge in [0.1, 0.15) is 11.5 Å². The highest BCUT2D eigenvalue weighted by Crippen LogP contribution is 2.33. The van der Waals surface area contributed by atoms with Crippen molar-refractivity contribution in [2.45, 2.75) is 13.8 Å². The van der Waals surface area contributed by atoms with Crippen LogP contribution < -0.4 is 4.74 Å². The topological polar surface area (TPSA) is 9.23 Å². The smallest absolute Gasteiger partial charge is 0.131 e. The summed E-state index contributed by atoms with van der Waals surface area (Å²) in [7, 11) is 0. The number of ether oxygens (including phenoxy) is 1. The van der Waals surface area contributed by atoms with Crippen LogP contribution in [0.1, 0.15) is 11.1 Å². The molecule has 0 amide bonds. The monoisotopic (exact) mass is 354 g/mol. The number of halogens is 2. The molecule has 0 aromatic heterocycles. The highest BCUT2D eigenvalue weighted by molar-refractivity contribution is 9.10. The van der Waals surface area contributed by atoms with E-state index in [1.807, 2.05) is 50.2 Å². The van der Waals surface area contributed by atoms with E-state index < -0.39 is 0 Å². The molecule has 0 saturated heterocycles. The van der Waals surface area contributed by atoms with Gasteiger partial charge in [-0.15, -0.1) is 0 Å². The molecule has 0 radical (unpaired) electrons. The maximum Gasteiger partial charge on any atom is 0.131 e. The maximum absolute atomic E-state index is 5.94. The second-order valence-electron chi connectivity index (χ2n) is 3.83. The molecule has 2 rings (SSSR count). The first kappa shape index (κ1) is 12.7. The molecule has 0 fully saturated rings. The Kier molecular flexibility index (Phi) is 3.89. The Hall–Kier alpha value is -0.800. The molecule has 0 spiro atoms. The molecule has 0 aliphatic carbocycles. The Balaban J connectivity index is 2.38. The minimum atomic E-state index is 0.876. The van der Waals surface area contributed by atoms with Gasteiger partial charge in [-0.1, -0.05) is 44.0 Å². The summed E-state index contributed by atoms with van der Waals surface area (Å²) in [4.78, 5) is 0. The molecule has 0 atom stereocenters. The molecule has 1 nitrogen and oxygen atoms in total. The van der Waals surface area contributed by atoms with Crippen LogP contribution in [-0.2, 0) is 0 Å². The summed E-state index contributed by atoms with van der Waals surface area (Å²) in [5, 5.41) is 0. The van der Waals surface area contributed by atoms with Gasteiger partial charge in [0.05, 0.1) is 0 Å². The van der Waals surface area contributed by atoms with Crippen molar-refractivity contribution < 1.29 is 4.74 Å². The molecule has 0 heterocycles. The van der Waals surface area contributed by atoms with Crippen LogP contribution in [0.4, 0.5) is 0 Å². The summed E-state index contributed by atoms with van der Waals surface area (Å²) in [6.45, 7) is 4.07. The summed E-state index contributed by atoms with van der Waals surface area (Å²) in [5.74, 6) is 1.75. The Morgan fingerprint density at radius 3 is 1.59 bits per heavy atom. The summed E-state index contributed by atoms with van der Waals surface area (Å²) in [6.07, 6.45) is 0. The van der Waals surface area contributed by atoms with E-state index in [2.05, 4.69) is 31.9 Å². The van der Waals surface area contributed by atoms with E-state index in [1.54, 1.807) is 0 Å². The number of hydrogen-bond donors (Lipinski definition) is 0. The van der Waals surface area contributed by atoms with Crippen molar-refractivity contribution in [1.29, 1.82) is 0 Å². The molecule has 3 heteroatoms. The lowest BCUT2D eigenvalue weighted by Crippen LogP contribution is -1.91. The fourth-order valence-corrected chi connectivity index (χ4v) is 2.21. The third-order valence-electron chi connectivity index (χ3n) is 2.66. The molecule has 88 valence electrons. The van der Waals surface area contributed by atoms with Gasteiger partial charge in [0, 0.05) is 20.1 Å². The van der Waals surface area contributed by atoms with Gasteiger partial charge in [0.15, 0.2) is 0 Å². The molecular weight excluding hydrogens is 344 g/mol. The summed E-state index contributed by atoms with van der Waals surface area (Å²) in [6, 6.07) is 11.9. The second kappa shape index (κ2) is 5.23. The first-order valence-corrected chi connectivity index (χ1v) is 6.86. The van der Waals surface area contributed by atoms with Crippen LogP contribution in [-0.4, -0.2) is 0 Å². The molecule has 0 aliphatic rings. The maximum atomic E-state index is 5.94. The zero-order valence-corrected chi connectivity index (χ0v) is 12.8. The van der Waals surface area contributed by atoms with E-state index in [0.717, 1.165) is 31.6 Å². The van der Waals surface area contributed by atoms with Gasteiger partial charge < -0.3 is 4.74 Å². The first-order valence-electron chi connectivity index (χ1n) is 5.27. The average Bonchev–Trinajstić information content (AvgIpc) is 2.31. The number of benzene rings is 2. The van der Waals surface area contributed by atoms with E-state index in [1.165, 1.54) is 0 Å². The highest BCUT2D eigenvalue weighted by Gasteiger charge is 2.07. The van der Waals surface area contributed by atoms with Crippen molar-refractivity contribution in [2.75, 3.05) is 0 Å². The Bertz CT molecular complexity index is 500. The number of rotatable bonds is 2. The molecule has 2 aromatic rings. The summed E-state index contributed by atoms with van der Waals surface area (Å²) < 4.78 is 8.06. The third-order valence-corrected chi connectivity index (χ3v) is 4.37. The van der Waals surface area contributed by atoms with Crippen LogP contribution in [0.5, 0.6) is 11.5 Å². The summed E-state index contributed by atoms with van der Waals surface area (Å²) in [5.41, 5.74) is 2.21. The quantitative estimate of drug-likeness (QED) is 0.679. The van der Waals surface area contributed by atoms with E-state index in [9.17, 15) is 0 Å². The first-order chi connectivity index (χ1) is 8.09. The van der Waals surface area contributed by atoms with E-state index >= 15 is 0 Å². The molecular formula is C14H12Br2O. The zero-order valence-electron chi connectivity index (χ0n) is 9.63. The van der Waals surface area contributed by atoms with Gasteiger partial charge in [0.25, 0.3) is 0 Å². The molecule has 17 heavy (non-hydrogen) atoms. The SMILES string of the molecule is Cc1c(Br)cccc1Oc1cccc(Br)c1C. The Morgan fingerprint density at radius 1 is 0.765 bits per heavy atom. The van der Waals surface area contributed by atoms with Crippen molar-refractivity contribution in [3.05, 3.63) is 56.5 Å². The van der Waals surface area contributed by atoms with Crippen molar-refractivity contribution in [3.8, 4) is 11.5 Å². The van der Waals surface area contributed by atoms with Crippen molar-refractivity contribution in [1.82, 2.24) is 0 Å². The minimum Gasteiger partial charge on any atom is -0.457 e. The van der Waals surface area contributed by atoms with Gasteiger partial charge in [0.2, 0.25) is 0 Å². The molecule has 0 aliphatic heterocycles. The van der Waals surface area contributed by atoms with Gasteiger partial charge in [-0.25, -0.2) is 0 Å². The van der Waals surface area contributed by atoms with Gasteiger partial charge in [-0.05, 0) is 38.1 Å². The van der Waals surface area contributed by atoms with Crippen LogP contribution in [0.3, 0.4) is 0 Å². The fourth-order valence-electron chi connectivity index (χ4n) is 1.51.